The van der Waals surface area contributed by atoms with Gasteiger partial charge in [-0.3, -0.25) is 49.5 Å². The van der Waals surface area contributed by atoms with Crippen LogP contribution in [0.25, 0.3) is 115 Å². The van der Waals surface area contributed by atoms with Gasteiger partial charge in [-0.15, -0.1) is 0 Å². The molecule has 10 aromatic carbocycles. The summed E-state index contributed by atoms with van der Waals surface area (Å²) >= 11 is 5.91. The molecule has 6 heterocycles. The largest absolute Gasteiger partial charge is 0.495 e. The third-order valence-electron chi connectivity index (χ3n) is 21.6. The maximum atomic E-state index is 12.8. The van der Waals surface area contributed by atoms with Crippen molar-refractivity contribution in [1.82, 2.24) is 72.3 Å². The number of nitrogen functional groups attached to an aromatic ring is 4. The van der Waals surface area contributed by atoms with Gasteiger partial charge in [0.15, 0.2) is 0 Å². The van der Waals surface area contributed by atoms with E-state index in [0.29, 0.717) is 124 Å². The Balaban J connectivity index is 0.000000143. The maximum Gasteiger partial charge on any atom is 0.339 e. The van der Waals surface area contributed by atoms with Crippen LogP contribution < -0.4 is 73.6 Å². The van der Waals surface area contributed by atoms with Crippen LogP contribution in [-0.2, 0) is 11.3 Å². The number of amides is 5. The van der Waals surface area contributed by atoms with Crippen LogP contribution in [-0.4, -0.2) is 157 Å². The monoisotopic (exact) mass is 1840 g/mol. The molecule has 0 spiro atoms. The van der Waals surface area contributed by atoms with E-state index in [1.165, 1.54) is 34.3 Å². The van der Waals surface area contributed by atoms with Gasteiger partial charge in [-0.05, 0) is 217 Å². The lowest BCUT2D eigenvalue weighted by atomic mass is 10.0. The van der Waals surface area contributed by atoms with E-state index in [4.69, 9.17) is 68.4 Å². The van der Waals surface area contributed by atoms with Gasteiger partial charge in [-0.1, -0.05) is 116 Å². The van der Waals surface area contributed by atoms with Crippen LogP contribution in [0.1, 0.15) is 147 Å². The number of ether oxygens (including phenoxy) is 5. The van der Waals surface area contributed by atoms with Crippen LogP contribution in [0, 0.1) is 5.92 Å². The Hall–Kier alpha value is -17.2. The average Bonchev–Trinajstić information content (AvgIpc) is 1.55. The Kier molecular flexibility index (Phi) is 31.4. The number of carbonyl (C=O) groups is 6. The van der Waals surface area contributed by atoms with Crippen molar-refractivity contribution in [2.45, 2.75) is 58.3 Å². The number of nitrogens with zero attached hydrogens (tertiary/aromatic N) is 5. The zero-order valence-electron chi connectivity index (χ0n) is 74.8. The number of benzene rings is 10. The van der Waals surface area contributed by atoms with Gasteiger partial charge in [0.05, 0.1) is 166 Å². The minimum atomic E-state index is -1.04. The van der Waals surface area contributed by atoms with E-state index in [1.807, 2.05) is 190 Å². The van der Waals surface area contributed by atoms with Gasteiger partial charge in [0, 0.05) is 33.8 Å². The summed E-state index contributed by atoms with van der Waals surface area (Å²) in [5, 5.41) is 70.5. The van der Waals surface area contributed by atoms with Crippen molar-refractivity contribution in [2.75, 3.05) is 65.1 Å². The highest BCUT2D eigenvalue weighted by Crippen LogP contribution is 2.39. The fourth-order valence-corrected chi connectivity index (χ4v) is 14.3. The number of aromatic nitrogens is 10. The normalized spacial score (nSPS) is 12.3. The number of aliphatic hydroxyl groups is 1. The first kappa shape index (κ1) is 95.4. The molecule has 6 aromatic heterocycles. The highest BCUT2D eigenvalue weighted by molar-refractivity contribution is 6.30. The van der Waals surface area contributed by atoms with Crippen molar-refractivity contribution in [3.63, 3.8) is 0 Å². The molecular formula is C101H100ClN19O14. The standard InChI is InChI=1S/C22H20N4O3.C22H26N4O3.C20H19ClN4O3.C20H20N4O2.C17H15N3O3/c1-28-21-17(22(27)24-13-16-3-2-12-29-16)9-11-19-20(21)18(25-26-19)10-6-14-4-7-15(23)8-5-14;1-13(2)19(12-27)24-22(28)16-9-11-18-20(21(16)29-3)17(25-26-18)10-6-14-4-7-15(23)8-5-14;1-11(19(22)26)23-20(27)14-8-10-16-17(18(14)28-2)15(24-25-16)9-5-12-3-6-13(21)7-4-12;1-26-19-15(20(25)22-14-7-8-14)9-11-17-18(19)16(23-24-17)10-4-12-2-5-13(21)6-3-12;1-23-16-12(17(21)22)7-9-14-15(16)13(19-20-14)8-4-10-2-5-11(18)6-3-10/h2-12H,13,23H2,1H3,(H,24,27)(H,25,26);4-11,13,19,27H,12,23H2,1-3H3,(H,24,28)(H,25,26);3-11H,1-2H3,(H2,22,26)(H,23,27)(H,24,25);2-6,9-11,14H,7-8,21H2,1H3,(H,22,25)(H,23,24);2-9H,18H2,1H3,(H,19,20)(H,21,22)/b2*10-6+;9-5+;10-4+;8-4+/t;19-;11-;;/m.10../s1. The van der Waals surface area contributed by atoms with Gasteiger partial charge in [0.1, 0.15) is 46.1 Å². The molecule has 0 bridgehead atoms. The quantitative estimate of drug-likeness (QED) is 0.0203. The number of hydrogen-bond donors (Lipinski definition) is 16. The molecule has 135 heavy (non-hydrogen) atoms. The minimum absolute atomic E-state index is 0.100. The number of nitrogens with two attached hydrogens (primary N) is 5. The molecular weight excluding hydrogens is 1740 g/mol. The zero-order chi connectivity index (χ0) is 95.9. The highest BCUT2D eigenvalue weighted by atomic mass is 35.5. The first-order chi connectivity index (χ1) is 65.2. The number of nitrogens with one attached hydrogen (secondary N) is 9. The number of halogens is 1. The number of fused-ring (bicyclic) bond motifs is 5. The van der Waals surface area contributed by atoms with Crippen molar-refractivity contribution >= 4 is 185 Å². The van der Waals surface area contributed by atoms with Crippen LogP contribution >= 0.6 is 11.6 Å². The molecule has 17 rings (SSSR count). The molecule has 33 nitrogen and oxygen atoms in total. The second-order valence-electron chi connectivity index (χ2n) is 31.2. The summed E-state index contributed by atoms with van der Waals surface area (Å²) < 4.78 is 32.8. The number of carboxylic acids is 1. The van der Waals surface area contributed by atoms with E-state index in [1.54, 1.807) is 93.3 Å². The predicted octanol–water partition coefficient (Wildman–Crippen LogP) is 16.2. The second-order valence-corrected chi connectivity index (χ2v) is 31.6. The Bertz CT molecular complexity index is 7070. The minimum Gasteiger partial charge on any atom is -0.495 e. The smallest absolute Gasteiger partial charge is 0.339 e. The molecule has 0 unspecified atom stereocenters. The van der Waals surface area contributed by atoms with E-state index < -0.39 is 23.8 Å². The Morgan fingerprint density at radius 1 is 0.415 bits per heavy atom. The number of rotatable bonds is 28. The summed E-state index contributed by atoms with van der Waals surface area (Å²) in [6, 6.07) is 57.1. The number of methoxy groups -OCH3 is 5. The van der Waals surface area contributed by atoms with Crippen LogP contribution in [0.4, 0.5) is 22.7 Å². The van der Waals surface area contributed by atoms with Gasteiger partial charge >= 0.3 is 5.97 Å². The Morgan fingerprint density at radius 3 is 0.993 bits per heavy atom. The summed E-state index contributed by atoms with van der Waals surface area (Å²) in [6.07, 6.45) is 22.6. The Morgan fingerprint density at radius 2 is 0.711 bits per heavy atom. The topological polar surface area (TPSA) is 524 Å². The fourth-order valence-electron chi connectivity index (χ4n) is 14.1. The van der Waals surface area contributed by atoms with Crippen LogP contribution in [0.3, 0.4) is 0 Å². The van der Waals surface area contributed by atoms with Crippen molar-refractivity contribution in [3.8, 4) is 28.7 Å². The summed E-state index contributed by atoms with van der Waals surface area (Å²) in [7, 11) is 7.56. The molecule has 16 aromatic rings. The fraction of sp³-hybridized carbons (Fsp3) is 0.158. The van der Waals surface area contributed by atoms with Gasteiger partial charge in [0.2, 0.25) is 5.91 Å². The summed E-state index contributed by atoms with van der Waals surface area (Å²) in [5.41, 5.74) is 44.6. The highest BCUT2D eigenvalue weighted by Gasteiger charge is 2.29. The van der Waals surface area contributed by atoms with Crippen molar-refractivity contribution in [1.29, 1.82) is 0 Å². The van der Waals surface area contributed by atoms with Crippen molar-refractivity contribution in [3.05, 3.63) is 295 Å². The number of aromatic carboxylic acids is 1. The molecule has 0 saturated heterocycles. The SMILES string of the molecule is COc1c(C(=O)NC2CC2)ccc2n[nH]c(/C=C/c3ccc(N)cc3)c12.COc1c(C(=O)NCc2ccco2)ccc2n[nH]c(/C=C/c3ccc(N)cc3)c12.COc1c(C(=O)N[C@@H](C)C(N)=O)ccc2n[nH]c(/C=C/c3ccc(Cl)cc3)c12.COc1c(C(=O)N[C@H](CO)C(C)C)ccc2n[nH]c(/C=C/c3ccc(N)cc3)c12.COc1c(C(=O)O)ccc2n[nH]c(/C=C/c3ccc(N)cc3)c12. The number of primary amides is 1. The molecule has 1 saturated carbocycles. The number of anilines is 4. The molecule has 1 fully saturated rings. The Labute approximate surface area is 779 Å². The molecule has 21 N–H and O–H groups in total. The third kappa shape index (κ3) is 23.7. The molecule has 690 valence electrons. The number of aliphatic hydroxyl groups excluding tert-OH is 1. The van der Waals surface area contributed by atoms with E-state index in [2.05, 4.69) is 72.3 Å². The maximum absolute atomic E-state index is 12.8. The van der Waals surface area contributed by atoms with Crippen LogP contribution in [0.15, 0.2) is 205 Å². The third-order valence-corrected chi connectivity index (χ3v) is 21.8. The van der Waals surface area contributed by atoms with Gasteiger partial charge in [0.25, 0.3) is 23.6 Å². The predicted molar refractivity (Wildman–Crippen MR) is 529 cm³/mol. The summed E-state index contributed by atoms with van der Waals surface area (Å²) in [6.45, 7) is 5.57. The van der Waals surface area contributed by atoms with Crippen molar-refractivity contribution < 1.29 is 67.1 Å². The number of furan rings is 1. The van der Waals surface area contributed by atoms with Gasteiger partial charge < -0.3 is 88.3 Å². The van der Waals surface area contributed by atoms with Gasteiger partial charge in [-0.25, -0.2) is 4.79 Å². The van der Waals surface area contributed by atoms with Crippen LogP contribution in [0.2, 0.25) is 5.02 Å². The molecule has 5 amide bonds. The van der Waals surface area contributed by atoms with E-state index in [0.717, 1.165) is 85.1 Å². The molecule has 1 aliphatic carbocycles. The number of carbonyl (C=O) groups excluding carboxylic acids is 5. The molecule has 0 aliphatic heterocycles. The second kappa shape index (κ2) is 44.4. The molecule has 1 aliphatic rings. The summed E-state index contributed by atoms with van der Waals surface area (Å²) in [5.74, 6) is 0.0712. The summed E-state index contributed by atoms with van der Waals surface area (Å²) in [4.78, 5) is 73.2. The van der Waals surface area contributed by atoms with E-state index >= 15 is 0 Å². The average molecular weight is 1840 g/mol. The first-order valence-electron chi connectivity index (χ1n) is 42.5. The number of H-pyrrole nitrogens is 5. The number of aromatic amines is 5. The molecule has 2 atom stereocenters. The van der Waals surface area contributed by atoms with Gasteiger partial charge in [-0.2, -0.15) is 25.5 Å². The van der Waals surface area contributed by atoms with Crippen molar-refractivity contribution in [2.24, 2.45) is 11.7 Å². The molecule has 0 radical (unpaired) electrons. The lowest BCUT2D eigenvalue weighted by molar-refractivity contribution is -0.119. The van der Waals surface area contributed by atoms with Crippen LogP contribution in [0.5, 0.6) is 28.7 Å². The van der Waals surface area contributed by atoms with E-state index in [-0.39, 0.29) is 53.5 Å². The number of carboxylic acid groups (broad SMARTS) is 1. The van der Waals surface area contributed by atoms with E-state index in [9.17, 15) is 39.0 Å². The lowest BCUT2D eigenvalue weighted by Crippen LogP contribution is -2.42. The first-order valence-corrected chi connectivity index (χ1v) is 42.8. The molecule has 34 heteroatoms. The number of hydrogen-bond acceptors (Lipinski definition) is 22. The lowest BCUT2D eigenvalue weighted by Gasteiger charge is -2.20. The zero-order valence-corrected chi connectivity index (χ0v) is 75.5.